The van der Waals surface area contributed by atoms with E-state index in [1.807, 2.05) is 13.0 Å². The van der Waals surface area contributed by atoms with Crippen LogP contribution in [0, 0.1) is 6.92 Å². The van der Waals surface area contributed by atoms with Gasteiger partial charge in [0.1, 0.15) is 0 Å². The first-order valence-corrected chi connectivity index (χ1v) is 8.01. The predicted octanol–water partition coefficient (Wildman–Crippen LogP) is 2.41. The molecular weight excluding hydrogens is 290 g/mol. The Morgan fingerprint density at radius 3 is 2.74 bits per heavy atom. The van der Waals surface area contributed by atoms with Crippen LogP contribution in [-0.4, -0.2) is 41.1 Å². The standard InChI is InChI=1S/C17H25N5O/c1-4-18-17(22(3)13-15-9-6-5-7-10-15)19-12-8-11-16-20-14(2)21-23-16/h5-7,9-10H,4,8,11-13H2,1-3H3,(H,18,19). The van der Waals surface area contributed by atoms with Crippen LogP contribution in [0.5, 0.6) is 0 Å². The Bertz CT molecular complexity index is 608. The predicted molar refractivity (Wildman–Crippen MR) is 91.2 cm³/mol. The topological polar surface area (TPSA) is 66.5 Å². The highest BCUT2D eigenvalue weighted by molar-refractivity contribution is 5.79. The maximum atomic E-state index is 5.11. The van der Waals surface area contributed by atoms with Crippen LogP contribution in [0.4, 0.5) is 0 Å². The summed E-state index contributed by atoms with van der Waals surface area (Å²) in [5, 5.41) is 7.12. The summed E-state index contributed by atoms with van der Waals surface area (Å²) in [5.41, 5.74) is 1.27. The van der Waals surface area contributed by atoms with Gasteiger partial charge in [-0.1, -0.05) is 35.5 Å². The number of aromatic nitrogens is 2. The SMILES string of the molecule is CCNC(=NCCCc1nc(C)no1)N(C)Cc1ccccc1. The summed E-state index contributed by atoms with van der Waals surface area (Å²) in [7, 11) is 2.05. The number of hydrogen-bond donors (Lipinski definition) is 1. The van der Waals surface area contributed by atoms with Gasteiger partial charge in [0.2, 0.25) is 5.89 Å². The van der Waals surface area contributed by atoms with Gasteiger partial charge < -0.3 is 14.7 Å². The van der Waals surface area contributed by atoms with Gasteiger partial charge in [0.05, 0.1) is 0 Å². The van der Waals surface area contributed by atoms with Gasteiger partial charge >= 0.3 is 0 Å². The molecule has 23 heavy (non-hydrogen) atoms. The van der Waals surface area contributed by atoms with Crippen molar-refractivity contribution in [2.45, 2.75) is 33.2 Å². The van der Waals surface area contributed by atoms with Crippen molar-refractivity contribution in [1.29, 1.82) is 0 Å². The Kier molecular flexibility index (Phi) is 6.59. The molecule has 0 atom stereocenters. The molecule has 0 radical (unpaired) electrons. The largest absolute Gasteiger partial charge is 0.357 e. The lowest BCUT2D eigenvalue weighted by atomic mass is 10.2. The van der Waals surface area contributed by atoms with Crippen molar-refractivity contribution >= 4 is 5.96 Å². The van der Waals surface area contributed by atoms with Crippen LogP contribution >= 0.6 is 0 Å². The molecule has 0 saturated heterocycles. The minimum absolute atomic E-state index is 0.680. The smallest absolute Gasteiger partial charge is 0.226 e. The Labute approximate surface area is 137 Å². The third-order valence-corrected chi connectivity index (χ3v) is 3.34. The molecule has 1 aromatic carbocycles. The highest BCUT2D eigenvalue weighted by Gasteiger charge is 2.06. The first-order chi connectivity index (χ1) is 11.2. The molecule has 124 valence electrons. The summed E-state index contributed by atoms with van der Waals surface area (Å²) in [5.74, 6) is 2.28. The van der Waals surface area contributed by atoms with Gasteiger partial charge in [0.15, 0.2) is 11.8 Å². The normalized spacial score (nSPS) is 11.5. The Morgan fingerprint density at radius 2 is 2.09 bits per heavy atom. The number of nitrogens with one attached hydrogen (secondary N) is 1. The molecule has 0 saturated carbocycles. The van der Waals surface area contributed by atoms with E-state index in [0.717, 1.165) is 38.4 Å². The molecule has 0 unspecified atom stereocenters. The van der Waals surface area contributed by atoms with Crippen molar-refractivity contribution in [3.05, 3.63) is 47.6 Å². The molecule has 0 spiro atoms. The fourth-order valence-electron chi connectivity index (χ4n) is 2.26. The molecule has 0 amide bonds. The summed E-state index contributed by atoms with van der Waals surface area (Å²) < 4.78 is 5.11. The lowest BCUT2D eigenvalue weighted by molar-refractivity contribution is 0.372. The Hall–Kier alpha value is -2.37. The van der Waals surface area contributed by atoms with E-state index in [2.05, 4.69) is 63.6 Å². The highest BCUT2D eigenvalue weighted by atomic mass is 16.5. The summed E-state index contributed by atoms with van der Waals surface area (Å²) in [6, 6.07) is 10.4. The molecule has 0 aliphatic rings. The molecule has 0 aliphatic heterocycles. The van der Waals surface area contributed by atoms with Gasteiger partial charge in [0, 0.05) is 33.1 Å². The molecular formula is C17H25N5O. The Morgan fingerprint density at radius 1 is 1.30 bits per heavy atom. The van der Waals surface area contributed by atoms with E-state index < -0.39 is 0 Å². The van der Waals surface area contributed by atoms with Crippen LogP contribution in [0.25, 0.3) is 0 Å². The summed E-state index contributed by atoms with van der Waals surface area (Å²) in [6.45, 7) is 6.30. The van der Waals surface area contributed by atoms with E-state index in [1.165, 1.54) is 5.56 Å². The minimum atomic E-state index is 0.680. The second kappa shape index (κ2) is 8.92. The fourth-order valence-corrected chi connectivity index (χ4v) is 2.26. The average Bonchev–Trinajstić information content (AvgIpc) is 2.96. The quantitative estimate of drug-likeness (QED) is 0.483. The summed E-state index contributed by atoms with van der Waals surface area (Å²) >= 11 is 0. The van der Waals surface area contributed by atoms with E-state index in [4.69, 9.17) is 4.52 Å². The summed E-state index contributed by atoms with van der Waals surface area (Å²) in [4.78, 5) is 11.0. The lowest BCUT2D eigenvalue weighted by Crippen LogP contribution is -2.38. The zero-order chi connectivity index (χ0) is 16.5. The first kappa shape index (κ1) is 17.0. The van der Waals surface area contributed by atoms with Gasteiger partial charge in [-0.3, -0.25) is 4.99 Å². The van der Waals surface area contributed by atoms with Crippen LogP contribution < -0.4 is 5.32 Å². The molecule has 2 aromatic rings. The average molecular weight is 315 g/mol. The maximum Gasteiger partial charge on any atom is 0.226 e. The van der Waals surface area contributed by atoms with Crippen LogP contribution in [0.15, 0.2) is 39.8 Å². The maximum absolute atomic E-state index is 5.11. The van der Waals surface area contributed by atoms with E-state index in [1.54, 1.807) is 0 Å². The minimum Gasteiger partial charge on any atom is -0.357 e. The van der Waals surface area contributed by atoms with E-state index in [-0.39, 0.29) is 0 Å². The third kappa shape index (κ3) is 5.73. The number of nitrogens with zero attached hydrogens (tertiary/aromatic N) is 4. The van der Waals surface area contributed by atoms with Crippen LogP contribution in [0.3, 0.4) is 0 Å². The van der Waals surface area contributed by atoms with Crippen LogP contribution in [0.1, 0.15) is 30.6 Å². The summed E-state index contributed by atoms with van der Waals surface area (Å²) in [6.07, 6.45) is 1.64. The molecule has 0 bridgehead atoms. The molecule has 0 fully saturated rings. The van der Waals surface area contributed by atoms with Gasteiger partial charge in [0.25, 0.3) is 0 Å². The van der Waals surface area contributed by atoms with Gasteiger partial charge in [-0.05, 0) is 25.8 Å². The zero-order valence-electron chi connectivity index (χ0n) is 14.1. The van der Waals surface area contributed by atoms with Crippen molar-refractivity contribution < 1.29 is 4.52 Å². The van der Waals surface area contributed by atoms with Gasteiger partial charge in [-0.2, -0.15) is 4.98 Å². The van der Waals surface area contributed by atoms with Crippen molar-refractivity contribution in [3.63, 3.8) is 0 Å². The molecule has 1 N–H and O–H groups in total. The molecule has 2 rings (SSSR count). The fraction of sp³-hybridized carbons (Fsp3) is 0.471. The number of hydrogen-bond acceptors (Lipinski definition) is 4. The van der Waals surface area contributed by atoms with E-state index in [9.17, 15) is 0 Å². The number of aliphatic imine (C=N–C) groups is 1. The Balaban J connectivity index is 1.85. The second-order valence-corrected chi connectivity index (χ2v) is 5.42. The van der Waals surface area contributed by atoms with Gasteiger partial charge in [-0.25, -0.2) is 0 Å². The monoisotopic (exact) mass is 315 g/mol. The number of guanidine groups is 1. The van der Waals surface area contributed by atoms with Crippen LogP contribution in [-0.2, 0) is 13.0 Å². The molecule has 6 nitrogen and oxygen atoms in total. The highest BCUT2D eigenvalue weighted by Crippen LogP contribution is 2.04. The van der Waals surface area contributed by atoms with Gasteiger partial charge in [-0.15, -0.1) is 0 Å². The molecule has 6 heteroatoms. The molecule has 0 aliphatic carbocycles. The molecule has 1 aromatic heterocycles. The lowest BCUT2D eigenvalue weighted by Gasteiger charge is -2.22. The number of rotatable bonds is 7. The number of aryl methyl sites for hydroxylation is 2. The zero-order valence-corrected chi connectivity index (χ0v) is 14.1. The van der Waals surface area contributed by atoms with Crippen molar-refractivity contribution in [3.8, 4) is 0 Å². The first-order valence-electron chi connectivity index (χ1n) is 8.01. The third-order valence-electron chi connectivity index (χ3n) is 3.34. The second-order valence-electron chi connectivity index (χ2n) is 5.42. The van der Waals surface area contributed by atoms with Crippen molar-refractivity contribution in [2.24, 2.45) is 4.99 Å². The van der Waals surface area contributed by atoms with E-state index in [0.29, 0.717) is 11.7 Å². The van der Waals surface area contributed by atoms with Crippen molar-refractivity contribution in [2.75, 3.05) is 20.1 Å². The number of benzene rings is 1. The van der Waals surface area contributed by atoms with Crippen LogP contribution in [0.2, 0.25) is 0 Å². The van der Waals surface area contributed by atoms with E-state index >= 15 is 0 Å². The molecule has 1 heterocycles. The van der Waals surface area contributed by atoms with Crippen molar-refractivity contribution in [1.82, 2.24) is 20.4 Å².